The lowest BCUT2D eigenvalue weighted by molar-refractivity contribution is 0.0113. The standard InChI is InChI=1S/C9H15ClO/c1-2-6-9(11)7-4-3-5-8(9)10/h2,8,11H,1,3-7H2/t8-,9+/m0/s1. The highest BCUT2D eigenvalue weighted by Gasteiger charge is 2.36. The van der Waals surface area contributed by atoms with Gasteiger partial charge in [0.1, 0.15) is 0 Å². The van der Waals surface area contributed by atoms with Gasteiger partial charge in [-0.15, -0.1) is 18.2 Å². The molecule has 1 fully saturated rings. The van der Waals surface area contributed by atoms with E-state index in [1.165, 1.54) is 0 Å². The molecule has 0 aromatic carbocycles. The predicted octanol–water partition coefficient (Wildman–Crippen LogP) is 2.48. The Hall–Kier alpha value is -0.0100. The van der Waals surface area contributed by atoms with Crippen molar-refractivity contribution in [3.8, 4) is 0 Å². The fraction of sp³-hybridized carbons (Fsp3) is 0.778. The minimum absolute atomic E-state index is 0.0748. The van der Waals surface area contributed by atoms with Crippen molar-refractivity contribution in [3.63, 3.8) is 0 Å². The maximum absolute atomic E-state index is 9.94. The highest BCUT2D eigenvalue weighted by molar-refractivity contribution is 6.21. The molecule has 1 N–H and O–H groups in total. The van der Waals surface area contributed by atoms with Crippen LogP contribution in [-0.2, 0) is 0 Å². The number of halogens is 1. The van der Waals surface area contributed by atoms with E-state index in [2.05, 4.69) is 6.58 Å². The van der Waals surface area contributed by atoms with Crippen LogP contribution < -0.4 is 0 Å². The number of rotatable bonds is 2. The molecule has 0 aromatic heterocycles. The molecule has 1 aliphatic rings. The van der Waals surface area contributed by atoms with Crippen LogP contribution in [0.5, 0.6) is 0 Å². The maximum atomic E-state index is 9.94. The van der Waals surface area contributed by atoms with Crippen molar-refractivity contribution >= 4 is 11.6 Å². The molecule has 1 rings (SSSR count). The van der Waals surface area contributed by atoms with Gasteiger partial charge < -0.3 is 5.11 Å². The third kappa shape index (κ3) is 1.97. The molecule has 0 aromatic rings. The first kappa shape index (κ1) is 9.08. The van der Waals surface area contributed by atoms with E-state index >= 15 is 0 Å². The first-order valence-electron chi connectivity index (χ1n) is 4.16. The lowest BCUT2D eigenvalue weighted by Gasteiger charge is -2.35. The topological polar surface area (TPSA) is 20.2 Å². The van der Waals surface area contributed by atoms with E-state index in [9.17, 15) is 5.11 Å². The Morgan fingerprint density at radius 2 is 2.36 bits per heavy atom. The Kier molecular flexibility index (Phi) is 2.97. The SMILES string of the molecule is C=CC[C@@]1(O)CCCC[C@@H]1Cl. The predicted molar refractivity (Wildman–Crippen MR) is 47.9 cm³/mol. The van der Waals surface area contributed by atoms with Crippen LogP contribution in [0.4, 0.5) is 0 Å². The summed E-state index contributed by atoms with van der Waals surface area (Å²) in [6, 6.07) is 0. The van der Waals surface area contributed by atoms with Crippen LogP contribution in [0.3, 0.4) is 0 Å². The zero-order valence-corrected chi connectivity index (χ0v) is 7.48. The molecule has 2 atom stereocenters. The summed E-state index contributed by atoms with van der Waals surface area (Å²) in [4.78, 5) is 0. The fourth-order valence-corrected chi connectivity index (χ4v) is 2.01. The summed E-state index contributed by atoms with van der Waals surface area (Å²) < 4.78 is 0. The molecule has 1 saturated carbocycles. The highest BCUT2D eigenvalue weighted by atomic mass is 35.5. The van der Waals surface area contributed by atoms with Crippen molar-refractivity contribution in [2.24, 2.45) is 0 Å². The monoisotopic (exact) mass is 174 g/mol. The summed E-state index contributed by atoms with van der Waals surface area (Å²) >= 11 is 6.00. The molecule has 0 heterocycles. The minimum atomic E-state index is -0.665. The molecule has 0 radical (unpaired) electrons. The normalized spacial score (nSPS) is 38.5. The Morgan fingerprint density at radius 3 is 2.91 bits per heavy atom. The van der Waals surface area contributed by atoms with Crippen LogP contribution in [0.25, 0.3) is 0 Å². The average Bonchev–Trinajstić information content (AvgIpc) is 1.96. The Bertz CT molecular complexity index is 146. The van der Waals surface area contributed by atoms with Crippen molar-refractivity contribution < 1.29 is 5.11 Å². The van der Waals surface area contributed by atoms with Crippen LogP contribution in [-0.4, -0.2) is 16.1 Å². The third-order valence-corrected chi connectivity index (χ3v) is 3.02. The molecule has 11 heavy (non-hydrogen) atoms. The van der Waals surface area contributed by atoms with Crippen LogP contribution >= 0.6 is 11.6 Å². The number of hydrogen-bond acceptors (Lipinski definition) is 1. The average molecular weight is 175 g/mol. The van der Waals surface area contributed by atoms with Gasteiger partial charge in [0, 0.05) is 0 Å². The Balaban J connectivity index is 2.56. The second kappa shape index (κ2) is 3.59. The summed E-state index contributed by atoms with van der Waals surface area (Å²) in [7, 11) is 0. The zero-order chi connectivity index (χ0) is 8.32. The molecule has 64 valence electrons. The number of alkyl halides is 1. The number of aliphatic hydroxyl groups is 1. The van der Waals surface area contributed by atoms with Gasteiger partial charge in [-0.05, 0) is 19.3 Å². The Morgan fingerprint density at radius 1 is 1.64 bits per heavy atom. The van der Waals surface area contributed by atoms with Crippen molar-refractivity contribution in [3.05, 3.63) is 12.7 Å². The molecular weight excluding hydrogens is 160 g/mol. The Labute approximate surface area is 73.1 Å². The van der Waals surface area contributed by atoms with Gasteiger partial charge in [0.25, 0.3) is 0 Å². The lowest BCUT2D eigenvalue weighted by atomic mass is 9.82. The van der Waals surface area contributed by atoms with Gasteiger partial charge >= 0.3 is 0 Å². The van der Waals surface area contributed by atoms with Crippen molar-refractivity contribution in [1.82, 2.24) is 0 Å². The quantitative estimate of drug-likeness (QED) is 0.504. The van der Waals surface area contributed by atoms with E-state index in [4.69, 9.17) is 11.6 Å². The van der Waals surface area contributed by atoms with Crippen LogP contribution in [0, 0.1) is 0 Å². The summed E-state index contributed by atoms with van der Waals surface area (Å²) in [5, 5.41) is 9.86. The molecule has 0 unspecified atom stereocenters. The van der Waals surface area contributed by atoms with Gasteiger partial charge in [-0.1, -0.05) is 18.9 Å². The maximum Gasteiger partial charge on any atom is 0.0844 e. The first-order chi connectivity index (χ1) is 5.19. The zero-order valence-electron chi connectivity index (χ0n) is 6.72. The van der Waals surface area contributed by atoms with E-state index < -0.39 is 5.60 Å². The number of hydrogen-bond donors (Lipinski definition) is 1. The largest absolute Gasteiger partial charge is 0.388 e. The van der Waals surface area contributed by atoms with Gasteiger partial charge in [-0.2, -0.15) is 0 Å². The van der Waals surface area contributed by atoms with Crippen LogP contribution in [0.2, 0.25) is 0 Å². The van der Waals surface area contributed by atoms with Crippen molar-refractivity contribution in [2.75, 3.05) is 0 Å². The van der Waals surface area contributed by atoms with Crippen molar-refractivity contribution in [2.45, 2.75) is 43.1 Å². The van der Waals surface area contributed by atoms with Gasteiger partial charge in [-0.3, -0.25) is 0 Å². The summed E-state index contributed by atoms with van der Waals surface area (Å²) in [5.41, 5.74) is -0.665. The van der Waals surface area contributed by atoms with Gasteiger partial charge in [0.2, 0.25) is 0 Å². The van der Waals surface area contributed by atoms with E-state index in [1.807, 2.05) is 0 Å². The van der Waals surface area contributed by atoms with Gasteiger partial charge in [0.15, 0.2) is 0 Å². The van der Waals surface area contributed by atoms with E-state index in [1.54, 1.807) is 6.08 Å². The molecule has 1 nitrogen and oxygen atoms in total. The van der Waals surface area contributed by atoms with Crippen molar-refractivity contribution in [1.29, 1.82) is 0 Å². The summed E-state index contributed by atoms with van der Waals surface area (Å²) in [6.07, 6.45) is 6.38. The molecule has 0 spiro atoms. The van der Waals surface area contributed by atoms with Crippen LogP contribution in [0.1, 0.15) is 32.1 Å². The molecular formula is C9H15ClO. The molecule has 0 bridgehead atoms. The smallest absolute Gasteiger partial charge is 0.0844 e. The van der Waals surface area contributed by atoms with E-state index in [0.29, 0.717) is 6.42 Å². The second-order valence-electron chi connectivity index (χ2n) is 3.31. The van der Waals surface area contributed by atoms with E-state index in [-0.39, 0.29) is 5.38 Å². The van der Waals surface area contributed by atoms with Gasteiger partial charge in [-0.25, -0.2) is 0 Å². The lowest BCUT2D eigenvalue weighted by Crippen LogP contribution is -2.41. The highest BCUT2D eigenvalue weighted by Crippen LogP contribution is 2.34. The summed E-state index contributed by atoms with van der Waals surface area (Å²) in [5.74, 6) is 0. The molecule has 0 saturated heterocycles. The molecule has 0 amide bonds. The third-order valence-electron chi connectivity index (χ3n) is 2.40. The molecule has 1 aliphatic carbocycles. The van der Waals surface area contributed by atoms with Crippen LogP contribution in [0.15, 0.2) is 12.7 Å². The molecule has 2 heteroatoms. The molecule has 0 aliphatic heterocycles. The van der Waals surface area contributed by atoms with Gasteiger partial charge in [0.05, 0.1) is 11.0 Å². The minimum Gasteiger partial charge on any atom is -0.388 e. The van der Waals surface area contributed by atoms with E-state index in [0.717, 1.165) is 25.7 Å². The fourth-order valence-electron chi connectivity index (χ4n) is 1.66. The second-order valence-corrected chi connectivity index (χ2v) is 3.84. The summed E-state index contributed by atoms with van der Waals surface area (Å²) in [6.45, 7) is 3.62. The first-order valence-corrected chi connectivity index (χ1v) is 4.60.